The van der Waals surface area contributed by atoms with E-state index in [4.69, 9.17) is 4.99 Å². The molecule has 31 heavy (non-hydrogen) atoms. The Hall–Kier alpha value is -3.02. The van der Waals surface area contributed by atoms with Crippen molar-refractivity contribution in [1.82, 2.24) is 10.6 Å². The minimum absolute atomic E-state index is 0.224. The number of nitrogens with zero attached hydrogens (tertiary/aromatic N) is 3. The van der Waals surface area contributed by atoms with Crippen LogP contribution in [0.3, 0.4) is 0 Å². The summed E-state index contributed by atoms with van der Waals surface area (Å²) < 4.78 is 0. The number of carbonyl (C=O) groups excluding carboxylic acids is 1. The monoisotopic (exact) mass is 419 g/mol. The van der Waals surface area contributed by atoms with Crippen molar-refractivity contribution < 1.29 is 4.79 Å². The van der Waals surface area contributed by atoms with Crippen LogP contribution in [-0.2, 0) is 11.3 Å². The average molecular weight is 420 g/mol. The molecule has 2 saturated heterocycles. The molecule has 2 aromatic carbocycles. The molecule has 6 heteroatoms. The van der Waals surface area contributed by atoms with Crippen LogP contribution in [0.25, 0.3) is 0 Å². The standard InChI is InChI=1S/C25H33N5O/c1-2-26-25(28-18-21-14-16-29(19-21)22-7-4-3-5-8-22)27-17-20-10-12-23(13-11-20)30-15-6-9-24(30)31/h3-5,7-8,10-13,21H,2,6,9,14-19H2,1H3,(H2,26,27,28). The van der Waals surface area contributed by atoms with Crippen molar-refractivity contribution in [3.05, 3.63) is 60.2 Å². The lowest BCUT2D eigenvalue weighted by Gasteiger charge is -2.19. The van der Waals surface area contributed by atoms with Crippen molar-refractivity contribution in [2.24, 2.45) is 10.9 Å². The Balaban J connectivity index is 1.29. The molecule has 0 bridgehead atoms. The predicted octanol–water partition coefficient (Wildman–Crippen LogP) is 3.40. The van der Waals surface area contributed by atoms with Crippen LogP contribution in [0.1, 0.15) is 31.7 Å². The van der Waals surface area contributed by atoms with Crippen LogP contribution in [0, 0.1) is 5.92 Å². The van der Waals surface area contributed by atoms with Gasteiger partial charge < -0.3 is 20.4 Å². The zero-order chi connectivity index (χ0) is 21.5. The largest absolute Gasteiger partial charge is 0.371 e. The zero-order valence-electron chi connectivity index (χ0n) is 18.4. The van der Waals surface area contributed by atoms with Gasteiger partial charge in [-0.25, -0.2) is 4.99 Å². The third-order valence-corrected chi connectivity index (χ3v) is 6.05. The van der Waals surface area contributed by atoms with Crippen LogP contribution in [0.4, 0.5) is 11.4 Å². The number of para-hydroxylation sites is 1. The van der Waals surface area contributed by atoms with E-state index in [0.29, 0.717) is 18.9 Å². The Bertz CT molecular complexity index is 881. The molecule has 1 amide bonds. The van der Waals surface area contributed by atoms with Gasteiger partial charge in [0.15, 0.2) is 5.96 Å². The predicted molar refractivity (Wildman–Crippen MR) is 128 cm³/mol. The third kappa shape index (κ3) is 5.57. The van der Waals surface area contributed by atoms with E-state index in [2.05, 4.69) is 64.9 Å². The van der Waals surface area contributed by atoms with Gasteiger partial charge in [-0.3, -0.25) is 4.79 Å². The van der Waals surface area contributed by atoms with Gasteiger partial charge in [0.2, 0.25) is 5.91 Å². The van der Waals surface area contributed by atoms with Gasteiger partial charge in [0, 0.05) is 50.5 Å². The first-order valence-corrected chi connectivity index (χ1v) is 11.4. The maximum atomic E-state index is 11.9. The Morgan fingerprint density at radius 2 is 1.84 bits per heavy atom. The SMILES string of the molecule is CCNC(=NCc1ccc(N2CCCC2=O)cc1)NCC1CCN(c2ccccc2)C1. The quantitative estimate of drug-likeness (QED) is 0.534. The number of aliphatic imine (C=N–C) groups is 1. The third-order valence-electron chi connectivity index (χ3n) is 6.05. The summed E-state index contributed by atoms with van der Waals surface area (Å²) in [5, 5.41) is 6.88. The van der Waals surface area contributed by atoms with E-state index < -0.39 is 0 Å². The summed E-state index contributed by atoms with van der Waals surface area (Å²) in [7, 11) is 0. The number of anilines is 2. The van der Waals surface area contributed by atoms with Gasteiger partial charge in [0.25, 0.3) is 0 Å². The Labute approximate surface area is 185 Å². The molecule has 2 heterocycles. The second-order valence-electron chi connectivity index (χ2n) is 8.33. The second-order valence-corrected chi connectivity index (χ2v) is 8.33. The molecule has 2 aromatic rings. The lowest BCUT2D eigenvalue weighted by molar-refractivity contribution is -0.117. The number of guanidine groups is 1. The van der Waals surface area contributed by atoms with Gasteiger partial charge in [-0.15, -0.1) is 0 Å². The Morgan fingerprint density at radius 1 is 1.03 bits per heavy atom. The van der Waals surface area contributed by atoms with Gasteiger partial charge >= 0.3 is 0 Å². The Morgan fingerprint density at radius 3 is 2.55 bits per heavy atom. The van der Waals surface area contributed by atoms with Crippen LogP contribution in [0.15, 0.2) is 59.6 Å². The highest BCUT2D eigenvalue weighted by molar-refractivity contribution is 5.95. The number of nitrogens with one attached hydrogen (secondary N) is 2. The van der Waals surface area contributed by atoms with E-state index in [-0.39, 0.29) is 5.91 Å². The maximum absolute atomic E-state index is 11.9. The summed E-state index contributed by atoms with van der Waals surface area (Å²) in [6, 6.07) is 18.9. The van der Waals surface area contributed by atoms with Crippen LogP contribution in [-0.4, -0.2) is 44.6 Å². The average Bonchev–Trinajstić information content (AvgIpc) is 3.46. The maximum Gasteiger partial charge on any atom is 0.227 e. The highest BCUT2D eigenvalue weighted by atomic mass is 16.2. The van der Waals surface area contributed by atoms with Crippen LogP contribution >= 0.6 is 0 Å². The first-order valence-electron chi connectivity index (χ1n) is 11.4. The van der Waals surface area contributed by atoms with Crippen LogP contribution in [0.2, 0.25) is 0 Å². The topological polar surface area (TPSA) is 60.0 Å². The minimum atomic E-state index is 0.224. The van der Waals surface area contributed by atoms with Crippen molar-refractivity contribution in [2.45, 2.75) is 32.7 Å². The molecule has 0 aliphatic carbocycles. The molecule has 2 N–H and O–H groups in total. The molecule has 0 saturated carbocycles. The number of hydrogen-bond donors (Lipinski definition) is 2. The molecule has 2 aliphatic rings. The van der Waals surface area contributed by atoms with Crippen LogP contribution < -0.4 is 20.4 Å². The van der Waals surface area contributed by atoms with Crippen molar-refractivity contribution >= 4 is 23.2 Å². The highest BCUT2D eigenvalue weighted by Crippen LogP contribution is 2.23. The van der Waals surface area contributed by atoms with Gasteiger partial charge in [-0.05, 0) is 55.5 Å². The van der Waals surface area contributed by atoms with Gasteiger partial charge in [0.05, 0.1) is 6.54 Å². The molecule has 0 radical (unpaired) electrons. The molecule has 1 atom stereocenters. The molecule has 2 aliphatic heterocycles. The van der Waals surface area contributed by atoms with E-state index in [1.807, 2.05) is 17.0 Å². The summed E-state index contributed by atoms with van der Waals surface area (Å²) in [6.07, 6.45) is 2.80. The number of carbonyl (C=O) groups is 1. The van der Waals surface area contributed by atoms with Crippen molar-refractivity contribution in [3.8, 4) is 0 Å². The van der Waals surface area contributed by atoms with E-state index in [1.165, 1.54) is 12.1 Å². The second kappa shape index (κ2) is 10.3. The fourth-order valence-electron chi connectivity index (χ4n) is 4.33. The molecule has 0 spiro atoms. The minimum Gasteiger partial charge on any atom is -0.371 e. The Kier molecular flexibility index (Phi) is 7.07. The first-order chi connectivity index (χ1) is 15.2. The number of amides is 1. The molecule has 0 aromatic heterocycles. The molecule has 4 rings (SSSR count). The summed E-state index contributed by atoms with van der Waals surface area (Å²) >= 11 is 0. The molecule has 1 unspecified atom stereocenters. The van der Waals surface area contributed by atoms with E-state index >= 15 is 0 Å². The molecule has 2 fully saturated rings. The molecule has 164 valence electrons. The lowest BCUT2D eigenvalue weighted by Crippen LogP contribution is -2.40. The molecular formula is C25H33N5O. The van der Waals surface area contributed by atoms with Crippen LogP contribution in [0.5, 0.6) is 0 Å². The van der Waals surface area contributed by atoms with E-state index in [0.717, 1.165) is 56.4 Å². The lowest BCUT2D eigenvalue weighted by atomic mass is 10.1. The van der Waals surface area contributed by atoms with Crippen molar-refractivity contribution in [3.63, 3.8) is 0 Å². The highest BCUT2D eigenvalue weighted by Gasteiger charge is 2.23. The summed E-state index contributed by atoms with van der Waals surface area (Å²) in [6.45, 7) is 7.47. The molecule has 6 nitrogen and oxygen atoms in total. The summed E-state index contributed by atoms with van der Waals surface area (Å²) in [4.78, 5) is 21.0. The normalized spacial score (nSPS) is 19.2. The molecular weight excluding hydrogens is 386 g/mol. The van der Waals surface area contributed by atoms with Gasteiger partial charge in [0.1, 0.15) is 0 Å². The van der Waals surface area contributed by atoms with E-state index in [9.17, 15) is 4.79 Å². The summed E-state index contributed by atoms with van der Waals surface area (Å²) in [5.41, 5.74) is 3.44. The smallest absolute Gasteiger partial charge is 0.227 e. The first kappa shape index (κ1) is 21.2. The van der Waals surface area contributed by atoms with Crippen molar-refractivity contribution in [1.29, 1.82) is 0 Å². The van der Waals surface area contributed by atoms with E-state index in [1.54, 1.807) is 0 Å². The fourth-order valence-corrected chi connectivity index (χ4v) is 4.33. The number of benzene rings is 2. The summed E-state index contributed by atoms with van der Waals surface area (Å²) in [5.74, 6) is 1.70. The van der Waals surface area contributed by atoms with Gasteiger partial charge in [-0.1, -0.05) is 30.3 Å². The number of rotatable bonds is 7. The van der Waals surface area contributed by atoms with Gasteiger partial charge in [-0.2, -0.15) is 0 Å². The number of hydrogen-bond acceptors (Lipinski definition) is 3. The fraction of sp³-hybridized carbons (Fsp3) is 0.440. The van der Waals surface area contributed by atoms with Crippen molar-refractivity contribution in [2.75, 3.05) is 42.5 Å². The zero-order valence-corrected chi connectivity index (χ0v) is 18.4.